The molecule has 1 rings (SSSR count). The highest BCUT2D eigenvalue weighted by atomic mass is 35.6. The molecular weight excluding hydrogens is 256 g/mol. The van der Waals surface area contributed by atoms with Gasteiger partial charge in [0.2, 0.25) is 3.79 Å². The Hall–Kier alpha value is 0.01000. The molecule has 0 unspecified atom stereocenters. The Kier molecular flexibility index (Phi) is 4.68. The van der Waals surface area contributed by atoms with E-state index < -0.39 is 3.79 Å². The molecule has 6 heteroatoms. The zero-order valence-corrected chi connectivity index (χ0v) is 11.1. The third-order valence-electron chi connectivity index (χ3n) is 2.16. The molecule has 1 aromatic heterocycles. The Morgan fingerprint density at radius 2 is 1.93 bits per heavy atom. The molecule has 0 N–H and O–H groups in total. The maximum absolute atomic E-state index is 5.80. The van der Waals surface area contributed by atoms with E-state index >= 15 is 0 Å². The monoisotopic (exact) mass is 269 g/mol. The van der Waals surface area contributed by atoms with Crippen LogP contribution >= 0.6 is 34.8 Å². The summed E-state index contributed by atoms with van der Waals surface area (Å²) < 4.78 is 0.344. The number of halogens is 3. The summed E-state index contributed by atoms with van der Waals surface area (Å²) in [5.74, 6) is 0. The minimum atomic E-state index is -1.48. The van der Waals surface area contributed by atoms with Crippen molar-refractivity contribution in [3.63, 3.8) is 0 Å². The van der Waals surface area contributed by atoms with Crippen LogP contribution in [0.15, 0.2) is 0 Å². The Bertz CT molecular complexity index is 317. The van der Waals surface area contributed by atoms with Crippen molar-refractivity contribution in [2.24, 2.45) is 0 Å². The molecule has 86 valence electrons. The van der Waals surface area contributed by atoms with Gasteiger partial charge in [-0.15, -0.1) is 5.10 Å². The smallest absolute Gasteiger partial charge is 0.236 e. The Morgan fingerprint density at radius 3 is 2.40 bits per heavy atom. The van der Waals surface area contributed by atoms with Gasteiger partial charge in [0.05, 0.1) is 5.69 Å². The summed E-state index contributed by atoms with van der Waals surface area (Å²) in [6, 6.07) is 0. The Balaban J connectivity index is 2.95. The van der Waals surface area contributed by atoms with Gasteiger partial charge in [0.1, 0.15) is 5.69 Å². The number of alkyl halides is 3. The van der Waals surface area contributed by atoms with Crippen LogP contribution in [0.4, 0.5) is 0 Å². The lowest BCUT2D eigenvalue weighted by Gasteiger charge is -2.10. The topological polar surface area (TPSA) is 30.7 Å². The van der Waals surface area contributed by atoms with Gasteiger partial charge in [-0.1, -0.05) is 60.3 Å². The van der Waals surface area contributed by atoms with Gasteiger partial charge >= 0.3 is 0 Å². The first-order valence-electron chi connectivity index (χ1n) is 5.00. The van der Waals surface area contributed by atoms with E-state index in [2.05, 4.69) is 17.2 Å². The zero-order chi connectivity index (χ0) is 11.5. The van der Waals surface area contributed by atoms with Crippen molar-refractivity contribution in [1.82, 2.24) is 15.0 Å². The van der Waals surface area contributed by atoms with Crippen molar-refractivity contribution in [3.8, 4) is 0 Å². The van der Waals surface area contributed by atoms with E-state index in [1.165, 1.54) is 0 Å². The molecule has 0 saturated carbocycles. The average molecular weight is 271 g/mol. The van der Waals surface area contributed by atoms with Gasteiger partial charge in [0.25, 0.3) is 0 Å². The molecule has 15 heavy (non-hydrogen) atoms. The van der Waals surface area contributed by atoms with Gasteiger partial charge in [-0.25, -0.2) is 4.68 Å². The summed E-state index contributed by atoms with van der Waals surface area (Å²) >= 11 is 17.4. The van der Waals surface area contributed by atoms with Crippen molar-refractivity contribution < 1.29 is 0 Å². The lowest BCUT2D eigenvalue weighted by molar-refractivity contribution is 0.535. The highest BCUT2D eigenvalue weighted by Crippen LogP contribution is 2.38. The number of unbranched alkanes of at least 4 members (excludes halogenated alkanes) is 1. The molecule has 0 aliphatic carbocycles. The highest BCUT2D eigenvalue weighted by molar-refractivity contribution is 6.66. The van der Waals surface area contributed by atoms with Crippen LogP contribution < -0.4 is 0 Å². The molecular formula is C9H14Cl3N3. The maximum atomic E-state index is 5.80. The van der Waals surface area contributed by atoms with Crippen LogP contribution in [0.2, 0.25) is 0 Å². The van der Waals surface area contributed by atoms with Crippen LogP contribution in [-0.4, -0.2) is 15.0 Å². The molecule has 0 aromatic carbocycles. The summed E-state index contributed by atoms with van der Waals surface area (Å²) in [4.78, 5) is 0. The quantitative estimate of drug-likeness (QED) is 0.785. The van der Waals surface area contributed by atoms with E-state index in [0.29, 0.717) is 5.69 Å². The lowest BCUT2D eigenvalue weighted by Crippen LogP contribution is -2.09. The van der Waals surface area contributed by atoms with Crippen LogP contribution in [0.25, 0.3) is 0 Å². The summed E-state index contributed by atoms with van der Waals surface area (Å²) in [6.45, 7) is 4.95. The predicted octanol–water partition coefficient (Wildman–Crippen LogP) is 3.47. The van der Waals surface area contributed by atoms with Gasteiger partial charge in [0, 0.05) is 6.54 Å². The summed E-state index contributed by atoms with van der Waals surface area (Å²) in [7, 11) is 0. The van der Waals surface area contributed by atoms with Gasteiger partial charge in [0.15, 0.2) is 0 Å². The summed E-state index contributed by atoms with van der Waals surface area (Å²) in [5.41, 5.74) is 1.36. The second kappa shape index (κ2) is 5.37. The van der Waals surface area contributed by atoms with Crippen LogP contribution in [0.1, 0.15) is 38.1 Å². The fourth-order valence-electron chi connectivity index (χ4n) is 1.39. The molecule has 1 heterocycles. The van der Waals surface area contributed by atoms with E-state index in [-0.39, 0.29) is 0 Å². The van der Waals surface area contributed by atoms with E-state index in [1.807, 2.05) is 11.6 Å². The minimum absolute atomic E-state index is 0.450. The number of hydrogen-bond acceptors (Lipinski definition) is 2. The Morgan fingerprint density at radius 1 is 1.27 bits per heavy atom. The maximum Gasteiger partial charge on any atom is 0.236 e. The second-order valence-corrected chi connectivity index (χ2v) is 5.59. The van der Waals surface area contributed by atoms with Gasteiger partial charge < -0.3 is 0 Å². The van der Waals surface area contributed by atoms with Gasteiger partial charge in [-0.2, -0.15) is 0 Å². The van der Waals surface area contributed by atoms with Crippen LogP contribution in [0.3, 0.4) is 0 Å². The van der Waals surface area contributed by atoms with Gasteiger partial charge in [-0.05, 0) is 12.8 Å². The standard InChI is InChI=1S/C9H14Cl3N3/c1-3-5-6-15-7(4-2)8(13-14-15)9(10,11)12/h3-6H2,1-2H3. The molecule has 0 aliphatic heterocycles. The first-order chi connectivity index (χ1) is 7.00. The molecule has 0 radical (unpaired) electrons. The predicted molar refractivity (Wildman–Crippen MR) is 63.5 cm³/mol. The second-order valence-electron chi connectivity index (χ2n) is 3.31. The van der Waals surface area contributed by atoms with E-state index in [4.69, 9.17) is 34.8 Å². The van der Waals surface area contributed by atoms with Crippen LogP contribution in [0, 0.1) is 0 Å². The highest BCUT2D eigenvalue weighted by Gasteiger charge is 2.30. The molecule has 3 nitrogen and oxygen atoms in total. The molecule has 0 spiro atoms. The average Bonchev–Trinajstić information content (AvgIpc) is 2.56. The number of aryl methyl sites for hydroxylation is 1. The fraction of sp³-hybridized carbons (Fsp3) is 0.778. The molecule has 0 amide bonds. The number of rotatable bonds is 4. The van der Waals surface area contributed by atoms with Crippen molar-refractivity contribution in [2.45, 2.75) is 43.4 Å². The number of hydrogen-bond donors (Lipinski definition) is 0. The fourth-order valence-corrected chi connectivity index (χ4v) is 1.83. The van der Waals surface area contributed by atoms with Crippen molar-refractivity contribution >= 4 is 34.8 Å². The molecule has 0 saturated heterocycles. The van der Waals surface area contributed by atoms with E-state index in [9.17, 15) is 0 Å². The number of aromatic nitrogens is 3. The normalized spacial score (nSPS) is 12.1. The first-order valence-corrected chi connectivity index (χ1v) is 6.13. The lowest BCUT2D eigenvalue weighted by atomic mass is 10.2. The SMILES string of the molecule is CCCCn1nnc(C(Cl)(Cl)Cl)c1CC. The molecule has 0 fully saturated rings. The summed E-state index contributed by atoms with van der Waals surface area (Å²) in [6.07, 6.45) is 2.92. The largest absolute Gasteiger partial charge is 0.249 e. The zero-order valence-electron chi connectivity index (χ0n) is 8.80. The third kappa shape index (κ3) is 3.23. The molecule has 0 aliphatic rings. The van der Waals surface area contributed by atoms with Crippen LogP contribution in [-0.2, 0) is 16.8 Å². The molecule has 1 aromatic rings. The van der Waals surface area contributed by atoms with Crippen molar-refractivity contribution in [2.75, 3.05) is 0 Å². The minimum Gasteiger partial charge on any atom is -0.249 e. The van der Waals surface area contributed by atoms with Crippen molar-refractivity contribution in [1.29, 1.82) is 0 Å². The first kappa shape index (κ1) is 13.1. The number of nitrogens with zero attached hydrogens (tertiary/aromatic N) is 3. The summed E-state index contributed by atoms with van der Waals surface area (Å²) in [5, 5.41) is 7.93. The molecule has 0 bridgehead atoms. The van der Waals surface area contributed by atoms with E-state index in [0.717, 1.165) is 31.5 Å². The van der Waals surface area contributed by atoms with Crippen LogP contribution in [0.5, 0.6) is 0 Å². The molecule has 0 atom stereocenters. The van der Waals surface area contributed by atoms with Crippen molar-refractivity contribution in [3.05, 3.63) is 11.4 Å². The van der Waals surface area contributed by atoms with E-state index in [1.54, 1.807) is 0 Å². The Labute approximate surface area is 105 Å². The van der Waals surface area contributed by atoms with Gasteiger partial charge in [-0.3, -0.25) is 0 Å². The third-order valence-corrected chi connectivity index (χ3v) is 2.70.